The van der Waals surface area contributed by atoms with Gasteiger partial charge < -0.3 is 29.4 Å². The average Bonchev–Trinajstić information content (AvgIpc) is 3.55. The van der Waals surface area contributed by atoms with Crippen LogP contribution >= 0.6 is 0 Å². The summed E-state index contributed by atoms with van der Waals surface area (Å²) in [6, 6.07) is 5.73. The molecule has 0 aromatic carbocycles. The summed E-state index contributed by atoms with van der Waals surface area (Å²) in [4.78, 5) is 16.2. The predicted octanol–water partition coefficient (Wildman–Crippen LogP) is 2.51. The fraction of sp³-hybridized carbons (Fsp3) is 0.636. The highest BCUT2D eigenvalue weighted by molar-refractivity contribution is 5.65. The van der Waals surface area contributed by atoms with Crippen molar-refractivity contribution in [2.75, 3.05) is 18.9 Å². The molecular formula is C22H27N5O6. The smallest absolute Gasteiger partial charge is 0.434 e. The van der Waals surface area contributed by atoms with Crippen molar-refractivity contribution in [3.8, 4) is 6.07 Å². The topological polar surface area (TPSA) is 143 Å². The lowest BCUT2D eigenvalue weighted by Gasteiger charge is -2.28. The molecule has 4 atom stereocenters. The van der Waals surface area contributed by atoms with Gasteiger partial charge in [-0.1, -0.05) is 12.8 Å². The quantitative estimate of drug-likeness (QED) is 0.665. The minimum absolute atomic E-state index is 0.314. The lowest BCUT2D eigenvalue weighted by Crippen LogP contribution is -2.46. The number of ether oxygens (including phenoxy) is 5. The molecule has 0 bridgehead atoms. The van der Waals surface area contributed by atoms with E-state index in [2.05, 4.69) is 16.2 Å². The lowest BCUT2D eigenvalue weighted by atomic mass is 9.96. The first-order valence-electron chi connectivity index (χ1n) is 11.1. The molecule has 0 unspecified atom stereocenters. The van der Waals surface area contributed by atoms with Crippen LogP contribution in [0, 0.1) is 17.2 Å². The third kappa shape index (κ3) is 3.88. The van der Waals surface area contributed by atoms with Crippen LogP contribution in [0.3, 0.4) is 0 Å². The Morgan fingerprint density at radius 1 is 1.27 bits per heavy atom. The number of anilines is 1. The molecule has 3 aliphatic rings. The SMILES string of the molecule is CC1(C)O[C@H]2[C@H](c3ccc4c(N)ncnn34)O[C@](C#N)(COC(=O)OCC3CCCC3)[C@H]2O1. The van der Waals surface area contributed by atoms with Gasteiger partial charge in [-0.25, -0.2) is 14.3 Å². The van der Waals surface area contributed by atoms with Crippen molar-refractivity contribution in [3.63, 3.8) is 0 Å². The maximum absolute atomic E-state index is 12.2. The van der Waals surface area contributed by atoms with Crippen molar-refractivity contribution >= 4 is 17.5 Å². The molecule has 4 heterocycles. The number of nitrogen functional groups attached to an aromatic ring is 1. The van der Waals surface area contributed by atoms with E-state index in [1.807, 2.05) is 0 Å². The summed E-state index contributed by atoms with van der Waals surface area (Å²) in [7, 11) is 0. The summed E-state index contributed by atoms with van der Waals surface area (Å²) in [6.07, 6.45) is 2.76. The highest BCUT2D eigenvalue weighted by atomic mass is 16.8. The fourth-order valence-electron chi connectivity index (χ4n) is 4.96. The van der Waals surface area contributed by atoms with Gasteiger partial charge >= 0.3 is 6.16 Å². The van der Waals surface area contributed by atoms with E-state index in [0.717, 1.165) is 25.7 Å². The Bertz CT molecular complexity index is 1090. The van der Waals surface area contributed by atoms with E-state index in [1.54, 1.807) is 30.5 Å². The summed E-state index contributed by atoms with van der Waals surface area (Å²) in [5, 5.41) is 14.4. The monoisotopic (exact) mass is 457 g/mol. The van der Waals surface area contributed by atoms with Gasteiger partial charge in [-0.05, 0) is 44.7 Å². The zero-order chi connectivity index (χ0) is 23.2. The molecule has 0 radical (unpaired) electrons. The van der Waals surface area contributed by atoms with E-state index < -0.39 is 35.9 Å². The van der Waals surface area contributed by atoms with Crippen LogP contribution in [0.1, 0.15) is 51.3 Å². The number of rotatable bonds is 5. The molecule has 1 saturated carbocycles. The normalized spacial score (nSPS) is 30.9. The molecule has 5 rings (SSSR count). The van der Waals surface area contributed by atoms with E-state index >= 15 is 0 Å². The molecule has 11 nitrogen and oxygen atoms in total. The Hall–Kier alpha value is -2.94. The molecule has 3 fully saturated rings. The second-order valence-corrected chi connectivity index (χ2v) is 9.26. The number of nitrogens with zero attached hydrogens (tertiary/aromatic N) is 4. The van der Waals surface area contributed by atoms with Crippen LogP contribution in [0.25, 0.3) is 5.52 Å². The number of nitriles is 1. The van der Waals surface area contributed by atoms with Gasteiger partial charge in [0.15, 0.2) is 11.6 Å². The average molecular weight is 457 g/mol. The first kappa shape index (κ1) is 21.9. The molecule has 33 heavy (non-hydrogen) atoms. The van der Waals surface area contributed by atoms with Crippen LogP contribution in [0.4, 0.5) is 10.6 Å². The summed E-state index contributed by atoms with van der Waals surface area (Å²) in [5.41, 5.74) is 5.60. The van der Waals surface area contributed by atoms with E-state index in [0.29, 0.717) is 29.6 Å². The predicted molar refractivity (Wildman–Crippen MR) is 113 cm³/mol. The van der Waals surface area contributed by atoms with Gasteiger partial charge in [-0.3, -0.25) is 0 Å². The highest BCUT2D eigenvalue weighted by Gasteiger charge is 2.65. The molecule has 2 aliphatic heterocycles. The Labute approximate surface area is 190 Å². The largest absolute Gasteiger partial charge is 0.508 e. The van der Waals surface area contributed by atoms with Crippen molar-refractivity contribution in [2.45, 2.75) is 69.2 Å². The van der Waals surface area contributed by atoms with Crippen LogP contribution in [-0.2, 0) is 23.7 Å². The molecule has 0 spiro atoms. The first-order valence-corrected chi connectivity index (χ1v) is 11.1. The van der Waals surface area contributed by atoms with Gasteiger partial charge in [-0.2, -0.15) is 10.4 Å². The van der Waals surface area contributed by atoms with Crippen LogP contribution in [0.5, 0.6) is 0 Å². The number of nitrogens with two attached hydrogens (primary N) is 1. The van der Waals surface area contributed by atoms with Crippen LogP contribution < -0.4 is 5.73 Å². The van der Waals surface area contributed by atoms with Crippen molar-refractivity contribution in [1.82, 2.24) is 14.6 Å². The Morgan fingerprint density at radius 3 is 2.82 bits per heavy atom. The second kappa shape index (κ2) is 8.13. The van der Waals surface area contributed by atoms with E-state index in [1.165, 1.54) is 6.33 Å². The van der Waals surface area contributed by atoms with Crippen molar-refractivity contribution in [2.24, 2.45) is 5.92 Å². The molecule has 11 heteroatoms. The summed E-state index contributed by atoms with van der Waals surface area (Å²) in [5.74, 6) is -0.276. The van der Waals surface area contributed by atoms with E-state index in [-0.39, 0.29) is 6.61 Å². The minimum atomic E-state index is -1.59. The molecule has 1 aliphatic carbocycles. The number of carbonyl (C=O) groups is 1. The second-order valence-electron chi connectivity index (χ2n) is 9.26. The number of aromatic nitrogens is 3. The van der Waals surface area contributed by atoms with Gasteiger partial charge in [-0.15, -0.1) is 0 Å². The Balaban J connectivity index is 1.37. The van der Waals surface area contributed by atoms with Gasteiger partial charge in [0.1, 0.15) is 42.8 Å². The zero-order valence-electron chi connectivity index (χ0n) is 18.6. The van der Waals surface area contributed by atoms with Crippen molar-refractivity contribution < 1.29 is 28.5 Å². The Kier molecular flexibility index (Phi) is 5.39. The number of hydrogen-bond donors (Lipinski definition) is 1. The third-order valence-electron chi connectivity index (χ3n) is 6.53. The molecule has 0 amide bonds. The molecule has 2 N–H and O–H groups in total. The maximum Gasteiger partial charge on any atom is 0.508 e. The van der Waals surface area contributed by atoms with Crippen LogP contribution in [0.2, 0.25) is 0 Å². The molecule has 176 valence electrons. The first-order chi connectivity index (χ1) is 15.8. The van der Waals surface area contributed by atoms with Gasteiger partial charge in [0.2, 0.25) is 5.60 Å². The number of carbonyl (C=O) groups excluding carboxylic acids is 1. The fourth-order valence-corrected chi connectivity index (χ4v) is 4.96. The highest BCUT2D eigenvalue weighted by Crippen LogP contribution is 2.50. The summed E-state index contributed by atoms with van der Waals surface area (Å²) < 4.78 is 30.6. The molecule has 2 aromatic rings. The van der Waals surface area contributed by atoms with Crippen molar-refractivity contribution in [3.05, 3.63) is 24.2 Å². The molecule has 2 saturated heterocycles. The zero-order valence-corrected chi connectivity index (χ0v) is 18.6. The lowest BCUT2D eigenvalue weighted by molar-refractivity contribution is -0.205. The minimum Gasteiger partial charge on any atom is -0.434 e. The third-order valence-corrected chi connectivity index (χ3v) is 6.53. The van der Waals surface area contributed by atoms with Gasteiger partial charge in [0, 0.05) is 0 Å². The van der Waals surface area contributed by atoms with E-state index in [4.69, 9.17) is 29.4 Å². The van der Waals surface area contributed by atoms with Crippen molar-refractivity contribution in [1.29, 1.82) is 5.26 Å². The van der Waals surface area contributed by atoms with Gasteiger partial charge in [0.05, 0.1) is 12.3 Å². The van der Waals surface area contributed by atoms with Crippen LogP contribution in [-0.4, -0.2) is 57.6 Å². The number of hydrogen-bond acceptors (Lipinski definition) is 10. The van der Waals surface area contributed by atoms with Gasteiger partial charge in [0.25, 0.3) is 0 Å². The summed E-state index contributed by atoms with van der Waals surface area (Å²) >= 11 is 0. The molecule has 2 aromatic heterocycles. The molecular weight excluding hydrogens is 430 g/mol. The Morgan fingerprint density at radius 2 is 2.06 bits per heavy atom. The summed E-state index contributed by atoms with van der Waals surface area (Å²) in [6.45, 7) is 3.48. The standard InChI is InChI=1S/C22H27N5O6/c1-21(2)31-17-16(14-7-8-15-19(24)25-12-26-27(14)15)32-22(10-23,18(17)33-21)11-30-20(28)29-9-13-5-3-4-6-13/h7-8,12-13,16-18H,3-6,9,11H2,1-2H3,(H2,24,25,26)/t16-,17-,18-,22+/m0/s1. The van der Waals surface area contributed by atoms with E-state index in [9.17, 15) is 10.1 Å². The maximum atomic E-state index is 12.2. The van der Waals surface area contributed by atoms with Crippen LogP contribution in [0.15, 0.2) is 18.5 Å². The number of fused-ring (bicyclic) bond motifs is 2.